The van der Waals surface area contributed by atoms with Gasteiger partial charge in [0.25, 0.3) is 0 Å². The third-order valence-electron chi connectivity index (χ3n) is 13.5. The Kier molecular flexibility index (Phi) is 24.4. The molecule has 0 unspecified atom stereocenters. The largest absolute Gasteiger partial charge is 0.489 e. The van der Waals surface area contributed by atoms with Gasteiger partial charge in [-0.15, -0.1) is 94.1 Å². The van der Waals surface area contributed by atoms with Gasteiger partial charge in [0.1, 0.15) is 22.6 Å². The molecular formula is C64H82N8O8S8. The summed E-state index contributed by atoms with van der Waals surface area (Å²) in [5.41, 5.74) is 5.33. The van der Waals surface area contributed by atoms with Crippen molar-refractivity contribution < 1.29 is 37.9 Å². The second kappa shape index (κ2) is 31.6. The Hall–Kier alpha value is -4.56. The molecule has 88 heavy (non-hydrogen) atoms. The van der Waals surface area contributed by atoms with E-state index in [-0.39, 0.29) is 0 Å². The highest BCUT2D eigenvalue weighted by Gasteiger charge is 2.38. The molecule has 24 heteroatoms. The number of thioether (sulfide) groups is 8. The molecule has 2 N–H and O–H groups in total. The molecule has 0 saturated heterocycles. The van der Waals surface area contributed by atoms with E-state index in [2.05, 4.69) is 65.4 Å². The monoisotopic (exact) mass is 1350 g/mol. The van der Waals surface area contributed by atoms with Gasteiger partial charge in [0, 0.05) is 43.8 Å². The van der Waals surface area contributed by atoms with E-state index in [9.17, 15) is 0 Å². The predicted molar refractivity (Wildman–Crippen MR) is 377 cm³/mol. The standard InChI is InChI=1S/C64H82N8O8S8/c1-17-73-41-42(74-18-2)50(82-26-10)34-33(49(41)81-25-9)57-65-58(34)70-60-37-38(54(86-30-14)46(78-22-6)45(77-21-5)53(37)85-29-13)62(67-60)72-64-40-39(55(87-31-15)47(79-23-7)48(80-24-8)56(40)88-32-16)63(68-64)71-61-36-35(59(66-61)69-57)51(83-27-11)43(75-19-3)44(76-20-4)52(36)84-28-12/h17-32H2,1-16H3,(H2,65,66,67,68,69,70,71,72). The zero-order chi connectivity index (χ0) is 62.8. The van der Waals surface area contributed by atoms with Gasteiger partial charge >= 0.3 is 0 Å². The third kappa shape index (κ3) is 12.7. The van der Waals surface area contributed by atoms with Crippen LogP contribution in [0.3, 0.4) is 0 Å². The average Bonchev–Trinajstić information content (AvgIpc) is 1.65. The molecule has 8 bridgehead atoms. The van der Waals surface area contributed by atoms with E-state index >= 15 is 0 Å². The number of ether oxygens (including phenoxy) is 8. The average molecular weight is 1350 g/mol. The summed E-state index contributed by atoms with van der Waals surface area (Å²) >= 11 is 13.4. The highest BCUT2D eigenvalue weighted by Crippen LogP contribution is 2.60. The second-order valence-corrected chi connectivity index (χ2v) is 29.0. The van der Waals surface area contributed by atoms with E-state index in [1.807, 2.05) is 55.4 Å². The van der Waals surface area contributed by atoms with Gasteiger partial charge in [-0.2, -0.15) is 0 Å². The third-order valence-corrected chi connectivity index (χ3v) is 21.3. The first-order chi connectivity index (χ1) is 43.0. The lowest BCUT2D eigenvalue weighted by Gasteiger charge is -2.22. The van der Waals surface area contributed by atoms with Crippen molar-refractivity contribution in [1.82, 2.24) is 39.9 Å². The van der Waals surface area contributed by atoms with Crippen LogP contribution in [-0.2, 0) is 0 Å². The maximum atomic E-state index is 6.76. The van der Waals surface area contributed by atoms with Gasteiger partial charge in [-0.25, -0.2) is 29.9 Å². The molecule has 0 amide bonds. The molecule has 16 nitrogen and oxygen atoms in total. The van der Waals surface area contributed by atoms with Crippen LogP contribution >= 0.6 is 94.1 Å². The fraction of sp³-hybridized carbons (Fsp3) is 0.500. The van der Waals surface area contributed by atoms with Gasteiger partial charge in [0.2, 0.25) is 0 Å². The number of H-pyrrole nitrogens is 2. The summed E-state index contributed by atoms with van der Waals surface area (Å²) in [4.78, 5) is 49.5. The minimum absolute atomic E-state index is 0.408. The zero-order valence-corrected chi connectivity index (χ0v) is 60.1. The smallest absolute Gasteiger partial charge is 0.176 e. The predicted octanol–water partition coefficient (Wildman–Crippen LogP) is 19.0. The van der Waals surface area contributed by atoms with Crippen LogP contribution < -0.4 is 37.9 Å². The summed E-state index contributed by atoms with van der Waals surface area (Å²) in [7, 11) is 0. The van der Waals surface area contributed by atoms with Crippen LogP contribution in [-0.4, -0.2) is 139 Å². The molecule has 2 aliphatic heterocycles. The van der Waals surface area contributed by atoms with E-state index in [4.69, 9.17) is 67.8 Å². The van der Waals surface area contributed by atoms with Gasteiger partial charge in [-0.05, 0) is 101 Å². The first-order valence-electron chi connectivity index (χ1n) is 30.9. The fourth-order valence-corrected chi connectivity index (χ4v) is 18.1. The molecule has 474 valence electrons. The van der Waals surface area contributed by atoms with Crippen LogP contribution in [0.1, 0.15) is 111 Å². The normalized spacial score (nSPS) is 11.8. The first kappa shape index (κ1) is 67.8. The summed E-state index contributed by atoms with van der Waals surface area (Å²) in [5.74, 6) is 12.8. The Morgan fingerprint density at radius 1 is 0.227 bits per heavy atom. The Morgan fingerprint density at radius 2 is 0.386 bits per heavy atom. The van der Waals surface area contributed by atoms with Crippen LogP contribution in [0.25, 0.3) is 89.7 Å². The molecule has 0 spiro atoms. The number of nitrogens with zero attached hydrogens (tertiary/aromatic N) is 6. The van der Waals surface area contributed by atoms with Crippen molar-refractivity contribution in [3.63, 3.8) is 0 Å². The van der Waals surface area contributed by atoms with Crippen molar-refractivity contribution in [2.45, 2.75) is 150 Å². The summed E-state index contributed by atoms with van der Waals surface area (Å²) < 4.78 is 54.1. The highest BCUT2D eigenvalue weighted by atomic mass is 32.2. The molecule has 3 aromatic heterocycles. The Labute approximate surface area is 552 Å². The molecule has 7 aromatic rings. The van der Waals surface area contributed by atoms with Gasteiger partial charge in [-0.1, -0.05) is 55.4 Å². The molecule has 4 aromatic carbocycles. The minimum atomic E-state index is 0.408. The van der Waals surface area contributed by atoms with Gasteiger partial charge in [0.05, 0.1) is 92.0 Å². The number of hydrogen-bond acceptors (Lipinski definition) is 22. The lowest BCUT2D eigenvalue weighted by Crippen LogP contribution is -2.04. The van der Waals surface area contributed by atoms with Gasteiger partial charge < -0.3 is 47.9 Å². The Bertz CT molecular complexity index is 3380. The highest BCUT2D eigenvalue weighted by molar-refractivity contribution is 8.01. The minimum Gasteiger partial charge on any atom is -0.489 e. The number of fused-ring (bicyclic) bond motifs is 20. The van der Waals surface area contributed by atoms with E-state index in [0.717, 1.165) is 129 Å². The number of aromatic amines is 2. The maximum absolute atomic E-state index is 6.76. The Morgan fingerprint density at radius 3 is 0.545 bits per heavy atom. The summed E-state index contributed by atoms with van der Waals surface area (Å²) in [6.45, 7) is 36.6. The number of hydrogen-bond donors (Lipinski definition) is 2. The van der Waals surface area contributed by atoms with Crippen LogP contribution in [0.15, 0.2) is 39.2 Å². The van der Waals surface area contributed by atoms with Gasteiger partial charge in [-0.3, -0.25) is 0 Å². The zero-order valence-electron chi connectivity index (χ0n) is 53.5. The topological polar surface area (TPSA) is 183 Å². The van der Waals surface area contributed by atoms with Crippen molar-refractivity contribution in [3.05, 3.63) is 0 Å². The fourth-order valence-electron chi connectivity index (χ4n) is 10.8. The van der Waals surface area contributed by atoms with Crippen LogP contribution in [0.5, 0.6) is 46.0 Å². The second-order valence-electron chi connectivity index (χ2n) is 18.8. The molecule has 0 fully saturated rings. The van der Waals surface area contributed by atoms with Crippen molar-refractivity contribution in [2.75, 3.05) is 98.9 Å². The quantitative estimate of drug-likeness (QED) is 0.0379. The SMILES string of the molecule is CCOc1c(OCC)c(SCC)c2c(c1SCC)-c1nc-2nc2[nH]c(nc3nc(nc4[nH]c(n1)c1c(SCC)c(OCC)c(OCC)c(SCC)c41)-c1c(SCC)c(OCC)c(OCC)c(SCC)c1-3)c1c(SCC)c(OCC)c(OCC)c(SCC)c21. The van der Waals surface area contributed by atoms with Crippen LogP contribution in [0.2, 0.25) is 0 Å². The lowest BCUT2D eigenvalue weighted by atomic mass is 10.1. The summed E-state index contributed by atoms with van der Waals surface area (Å²) in [5, 5.41) is 3.30. The molecular weight excluding hydrogens is 1270 g/mol. The molecule has 0 aliphatic carbocycles. The first-order valence-corrected chi connectivity index (χ1v) is 38.8. The molecule has 0 saturated carbocycles. The van der Waals surface area contributed by atoms with E-state index < -0.39 is 0 Å². The van der Waals surface area contributed by atoms with Crippen LogP contribution in [0.4, 0.5) is 0 Å². The lowest BCUT2D eigenvalue weighted by molar-refractivity contribution is 0.277. The Balaban J connectivity index is 1.71. The van der Waals surface area contributed by atoms with Crippen molar-refractivity contribution in [2.24, 2.45) is 0 Å². The molecule has 0 atom stereocenters. The molecule has 5 heterocycles. The number of aromatic nitrogens is 8. The maximum Gasteiger partial charge on any atom is 0.176 e. The van der Waals surface area contributed by atoms with Gasteiger partial charge in [0.15, 0.2) is 69.3 Å². The number of rotatable bonds is 32. The van der Waals surface area contributed by atoms with Crippen molar-refractivity contribution in [1.29, 1.82) is 0 Å². The number of nitrogens with one attached hydrogen (secondary N) is 2. The number of benzene rings is 4. The molecule has 2 aliphatic rings. The van der Waals surface area contributed by atoms with E-state index in [1.165, 1.54) is 0 Å². The summed E-state index contributed by atoms with van der Waals surface area (Å²) in [6.07, 6.45) is 0. The van der Waals surface area contributed by atoms with Crippen molar-refractivity contribution >= 4 is 138 Å². The van der Waals surface area contributed by atoms with E-state index in [1.54, 1.807) is 94.1 Å². The van der Waals surface area contributed by atoms with Crippen LogP contribution in [0, 0.1) is 0 Å². The van der Waals surface area contributed by atoms with Crippen molar-refractivity contribution in [3.8, 4) is 91.5 Å². The molecule has 9 rings (SSSR count). The summed E-state index contributed by atoms with van der Waals surface area (Å²) in [6, 6.07) is 0. The van der Waals surface area contributed by atoms with E-state index in [0.29, 0.717) is 145 Å². The molecule has 0 radical (unpaired) electrons.